The van der Waals surface area contributed by atoms with E-state index >= 15 is 0 Å². The van der Waals surface area contributed by atoms with Gasteiger partial charge in [-0.15, -0.1) is 0 Å². The fraction of sp³-hybridized carbons (Fsp3) is 0.425. The average Bonchev–Trinajstić information content (AvgIpc) is 3.79. The van der Waals surface area contributed by atoms with Gasteiger partial charge in [0.05, 0.1) is 0 Å². The quantitative estimate of drug-likeness (QED) is 0.163. The van der Waals surface area contributed by atoms with Crippen LogP contribution in [-0.4, -0.2) is 6.71 Å². The molecule has 0 fully saturated rings. The molecule has 3 heteroatoms. The van der Waals surface area contributed by atoms with Gasteiger partial charge in [0.2, 0.25) is 0 Å². The van der Waals surface area contributed by atoms with E-state index in [2.05, 4.69) is 225 Å². The van der Waals surface area contributed by atoms with Gasteiger partial charge in [-0.25, -0.2) is 0 Å². The molecule has 0 saturated carbocycles. The van der Waals surface area contributed by atoms with Gasteiger partial charge in [0, 0.05) is 34.1 Å². The molecule has 2 nitrogen and oxygen atoms in total. The molecule has 0 bridgehead atoms. The summed E-state index contributed by atoms with van der Waals surface area (Å²) in [4.78, 5) is 5.49. The van der Waals surface area contributed by atoms with Gasteiger partial charge >= 0.3 is 0 Å². The summed E-state index contributed by atoms with van der Waals surface area (Å²) < 4.78 is 0. The van der Waals surface area contributed by atoms with E-state index in [0.717, 1.165) is 6.42 Å². The monoisotopic (exact) mass is 999 g/mol. The lowest BCUT2D eigenvalue weighted by atomic mass is 9.33. The van der Waals surface area contributed by atoms with Crippen LogP contribution in [0.5, 0.6) is 0 Å². The number of benzene rings is 7. The summed E-state index contributed by atoms with van der Waals surface area (Å²) in [5.41, 5.74) is 38.3. The Bertz CT molecular complexity index is 3690. The van der Waals surface area contributed by atoms with Gasteiger partial charge in [-0.3, -0.25) is 0 Å². The zero-order valence-electron chi connectivity index (χ0n) is 49.6. The summed E-state index contributed by atoms with van der Waals surface area (Å²) in [7, 11) is 0. The Morgan fingerprint density at radius 2 is 0.737 bits per heavy atom. The van der Waals surface area contributed by atoms with E-state index in [4.69, 9.17) is 0 Å². The number of hydrogen-bond donors (Lipinski definition) is 0. The standard InChI is InChI=1S/C73H83BN2/c1-41-27-45(5)66(46(6)28-41)47-19-20-58-62(35-47)75(60-39-56-52(31-43(60)3)68(7,8)21-25-72(56,15)16)64-29-42(2)30-65-67(64)74(58)59-38-51-49(33-48-34-54-55(37-50(48)51)71(13,14)24-23-70(54,11)12)36-63(59)76(65)61-40-57-53(32-44(61)4)69(9,10)22-26-73(57,17)18/h19-20,27-32,34-40H,21-26,33H2,1-18H3. The number of anilines is 6. The van der Waals surface area contributed by atoms with Crippen LogP contribution in [0, 0.1) is 41.5 Å². The van der Waals surface area contributed by atoms with Crippen LogP contribution in [0.3, 0.4) is 0 Å². The normalized spacial score (nSPS) is 19.9. The smallest absolute Gasteiger partial charge is 0.252 e. The van der Waals surface area contributed by atoms with Crippen LogP contribution in [0.4, 0.5) is 34.1 Å². The average molecular weight is 999 g/mol. The Kier molecular flexibility index (Phi) is 10.4. The van der Waals surface area contributed by atoms with Gasteiger partial charge in [-0.05, 0) is 266 Å². The first-order chi connectivity index (χ1) is 35.6. The first-order valence-corrected chi connectivity index (χ1v) is 29.2. The third kappa shape index (κ3) is 7.11. The Hall–Kier alpha value is -5.80. The molecular formula is C73H83BN2. The van der Waals surface area contributed by atoms with Crippen LogP contribution in [0.25, 0.3) is 22.3 Å². The SMILES string of the molecule is Cc1cc(C)c(-c2ccc3c(c2)N(c2cc4c(cc2C)C(C)(C)CCC4(C)C)c2cc(C)cc4c2B3c2cc3c(cc2N4c2cc4c(cc2C)C(C)(C)CCC4(C)C)Cc2cc4c(cc2-3)C(C)(C)CCC4(C)C)c(C)c1. The second-order valence-electron chi connectivity index (χ2n) is 29.3. The number of rotatable bonds is 3. The van der Waals surface area contributed by atoms with Gasteiger partial charge in [-0.2, -0.15) is 0 Å². The van der Waals surface area contributed by atoms with Crippen molar-refractivity contribution in [1.29, 1.82) is 0 Å². The van der Waals surface area contributed by atoms with Crippen molar-refractivity contribution in [2.24, 2.45) is 0 Å². The Balaban J connectivity index is 1.14. The molecule has 7 aromatic carbocycles. The fourth-order valence-electron chi connectivity index (χ4n) is 16.1. The molecule has 2 heterocycles. The Morgan fingerprint density at radius 3 is 1.22 bits per heavy atom. The van der Waals surface area contributed by atoms with E-state index in [9.17, 15) is 0 Å². The summed E-state index contributed by atoms with van der Waals surface area (Å²) >= 11 is 0. The molecule has 4 aliphatic carbocycles. The highest BCUT2D eigenvalue weighted by molar-refractivity contribution is 7.00. The molecular weight excluding hydrogens is 916 g/mol. The lowest BCUT2D eigenvalue weighted by molar-refractivity contribution is 0.332. The Labute approximate surface area is 457 Å². The summed E-state index contributed by atoms with van der Waals surface area (Å²) in [6.45, 7) is 43.8. The van der Waals surface area contributed by atoms with Crippen LogP contribution >= 0.6 is 0 Å². The molecule has 0 atom stereocenters. The van der Waals surface area contributed by atoms with E-state index in [1.807, 2.05) is 0 Å². The molecule has 2 aliphatic heterocycles. The summed E-state index contributed by atoms with van der Waals surface area (Å²) in [6, 6.07) is 38.6. The van der Waals surface area contributed by atoms with Crippen LogP contribution in [-0.2, 0) is 38.9 Å². The number of hydrogen-bond acceptors (Lipinski definition) is 2. The first kappa shape index (κ1) is 49.8. The van der Waals surface area contributed by atoms with Crippen LogP contribution in [0.15, 0.2) is 91.0 Å². The summed E-state index contributed by atoms with van der Waals surface area (Å²) in [5.74, 6) is 0. The maximum Gasteiger partial charge on any atom is 0.252 e. The number of nitrogens with zero attached hydrogens (tertiary/aromatic N) is 2. The largest absolute Gasteiger partial charge is 0.311 e. The van der Waals surface area contributed by atoms with Gasteiger partial charge < -0.3 is 9.80 Å². The summed E-state index contributed by atoms with van der Waals surface area (Å²) in [5, 5.41) is 0. The molecule has 0 radical (unpaired) electrons. The van der Waals surface area contributed by atoms with E-state index < -0.39 is 0 Å². The molecule has 0 spiro atoms. The zero-order chi connectivity index (χ0) is 53.9. The lowest BCUT2D eigenvalue weighted by Crippen LogP contribution is -2.61. The molecule has 388 valence electrons. The first-order valence-electron chi connectivity index (χ1n) is 29.2. The number of fused-ring (bicyclic) bond motifs is 10. The van der Waals surface area contributed by atoms with Crippen LogP contribution < -0.4 is 26.2 Å². The second kappa shape index (κ2) is 15.9. The lowest BCUT2D eigenvalue weighted by Gasteiger charge is -2.47. The van der Waals surface area contributed by atoms with Gasteiger partial charge in [0.15, 0.2) is 0 Å². The molecule has 6 aliphatic rings. The minimum absolute atomic E-state index is 0.0151. The molecule has 76 heavy (non-hydrogen) atoms. The highest BCUT2D eigenvalue weighted by Crippen LogP contribution is 2.56. The predicted molar refractivity (Wildman–Crippen MR) is 328 cm³/mol. The molecule has 0 N–H and O–H groups in total. The van der Waals surface area contributed by atoms with Crippen molar-refractivity contribution in [1.82, 2.24) is 0 Å². The second-order valence-corrected chi connectivity index (χ2v) is 29.3. The van der Waals surface area contributed by atoms with Crippen molar-refractivity contribution < 1.29 is 0 Å². The van der Waals surface area contributed by atoms with E-state index in [1.165, 1.54) is 178 Å². The third-order valence-corrected chi connectivity index (χ3v) is 21.0. The molecule has 7 aromatic rings. The topological polar surface area (TPSA) is 6.48 Å². The van der Waals surface area contributed by atoms with E-state index in [0.29, 0.717) is 0 Å². The minimum atomic E-state index is 0.0151. The van der Waals surface area contributed by atoms with Gasteiger partial charge in [0.25, 0.3) is 6.71 Å². The maximum absolute atomic E-state index is 2.76. The molecule has 0 saturated heterocycles. The van der Waals surface area contributed by atoms with Crippen molar-refractivity contribution in [3.05, 3.63) is 169 Å². The molecule has 0 amide bonds. The Morgan fingerprint density at radius 1 is 0.342 bits per heavy atom. The fourth-order valence-corrected chi connectivity index (χ4v) is 16.1. The third-order valence-electron chi connectivity index (χ3n) is 21.0. The number of aryl methyl sites for hydroxylation is 6. The maximum atomic E-state index is 2.76. The van der Waals surface area contributed by atoms with Crippen molar-refractivity contribution >= 4 is 57.2 Å². The summed E-state index contributed by atoms with van der Waals surface area (Å²) in [6.07, 6.45) is 8.15. The molecule has 13 rings (SSSR count). The molecule has 0 unspecified atom stereocenters. The van der Waals surface area contributed by atoms with Gasteiger partial charge in [0.1, 0.15) is 0 Å². The van der Waals surface area contributed by atoms with Crippen LogP contribution in [0.2, 0.25) is 0 Å². The highest BCUT2D eigenvalue weighted by atomic mass is 15.2. The van der Waals surface area contributed by atoms with Crippen molar-refractivity contribution in [3.63, 3.8) is 0 Å². The highest BCUT2D eigenvalue weighted by Gasteiger charge is 2.48. The van der Waals surface area contributed by atoms with E-state index in [-0.39, 0.29) is 39.2 Å². The van der Waals surface area contributed by atoms with Crippen molar-refractivity contribution in [2.75, 3.05) is 9.80 Å². The van der Waals surface area contributed by atoms with Crippen molar-refractivity contribution in [2.45, 2.75) is 202 Å². The predicted octanol–water partition coefficient (Wildman–Crippen LogP) is 17.9. The van der Waals surface area contributed by atoms with E-state index in [1.54, 1.807) is 11.1 Å². The minimum Gasteiger partial charge on any atom is -0.311 e. The van der Waals surface area contributed by atoms with Crippen LogP contribution in [0.1, 0.15) is 199 Å². The van der Waals surface area contributed by atoms with Crippen molar-refractivity contribution in [3.8, 4) is 22.3 Å². The molecule has 0 aromatic heterocycles. The van der Waals surface area contributed by atoms with Gasteiger partial charge in [-0.1, -0.05) is 143 Å². The zero-order valence-corrected chi connectivity index (χ0v) is 49.6.